The van der Waals surface area contributed by atoms with Crippen LogP contribution in [0.15, 0.2) is 42.6 Å². The zero-order chi connectivity index (χ0) is 27.0. The van der Waals surface area contributed by atoms with Gasteiger partial charge in [-0.2, -0.15) is 0 Å². The van der Waals surface area contributed by atoms with Gasteiger partial charge in [-0.25, -0.2) is 9.37 Å². The lowest BCUT2D eigenvalue weighted by Crippen LogP contribution is -2.36. The van der Waals surface area contributed by atoms with E-state index in [4.69, 9.17) is 10.5 Å². The van der Waals surface area contributed by atoms with E-state index in [-0.39, 0.29) is 17.2 Å². The molecule has 5 rings (SSSR count). The number of aromatic amines is 2. The highest BCUT2D eigenvalue weighted by Crippen LogP contribution is 2.38. The standard InChI is InChI=1S/C26H27FN8O3/c1-34(2)13-21(36)35-10-8-14-11-20(38-3)18(12-19(14)35)31-26-32-24-15(7-9-29-24)25(33-26)30-17-6-4-5-16(27)22(17)23(28)37/h4-7,9,11-12H,8,10,13H2,1-3H3,(H2,28,37)(H3,29,30,31,32,33)/p+1. The van der Waals surface area contributed by atoms with Gasteiger partial charge in [-0.1, -0.05) is 11.1 Å². The molecular formula is C26H28FN8O3+. The number of primary amides is 1. The van der Waals surface area contributed by atoms with Gasteiger partial charge in [0.05, 0.1) is 36.0 Å². The first-order valence-electron chi connectivity index (χ1n) is 11.9. The van der Waals surface area contributed by atoms with Gasteiger partial charge in [-0.3, -0.25) is 19.9 Å². The van der Waals surface area contributed by atoms with Crippen molar-refractivity contribution in [2.24, 2.45) is 5.73 Å². The van der Waals surface area contributed by atoms with Crippen LogP contribution in [0.25, 0.3) is 11.0 Å². The van der Waals surface area contributed by atoms with Gasteiger partial charge in [0.1, 0.15) is 11.5 Å². The second kappa shape index (κ2) is 9.98. The Hall–Kier alpha value is -4.71. The Morgan fingerprint density at radius 2 is 2.05 bits per heavy atom. The number of fused-ring (bicyclic) bond motifs is 2. The molecule has 0 bridgehead atoms. The fourth-order valence-electron chi connectivity index (χ4n) is 4.57. The van der Waals surface area contributed by atoms with Crippen molar-refractivity contribution in [3.05, 3.63) is 59.5 Å². The van der Waals surface area contributed by atoms with E-state index in [1.165, 1.54) is 12.1 Å². The molecule has 0 spiro atoms. The summed E-state index contributed by atoms with van der Waals surface area (Å²) in [6.07, 6.45) is 2.45. The average Bonchev–Trinajstić information content (AvgIpc) is 3.50. The van der Waals surface area contributed by atoms with Crippen LogP contribution in [0.1, 0.15) is 15.9 Å². The van der Waals surface area contributed by atoms with E-state index in [0.717, 1.165) is 17.7 Å². The van der Waals surface area contributed by atoms with Gasteiger partial charge < -0.3 is 25.6 Å². The van der Waals surface area contributed by atoms with Gasteiger partial charge in [-0.05, 0) is 50.3 Å². The molecule has 12 heteroatoms. The minimum atomic E-state index is -0.895. The number of halogens is 1. The van der Waals surface area contributed by atoms with Crippen LogP contribution < -0.4 is 31.0 Å². The summed E-state index contributed by atoms with van der Waals surface area (Å²) in [6, 6.07) is 9.77. The largest absolute Gasteiger partial charge is 0.493 e. The number of hydrogen-bond acceptors (Lipinski definition) is 7. The van der Waals surface area contributed by atoms with Crippen LogP contribution in [-0.4, -0.2) is 61.0 Å². The molecular weight excluding hydrogens is 491 g/mol. The molecule has 3 heterocycles. The van der Waals surface area contributed by atoms with E-state index in [1.54, 1.807) is 30.3 Å². The number of ether oxygens (including phenoxy) is 1. The minimum Gasteiger partial charge on any atom is -0.493 e. The predicted molar refractivity (Wildman–Crippen MR) is 142 cm³/mol. The quantitative estimate of drug-likeness (QED) is 0.280. The second-order valence-electron chi connectivity index (χ2n) is 9.19. The zero-order valence-electron chi connectivity index (χ0n) is 21.2. The molecule has 38 heavy (non-hydrogen) atoms. The lowest BCUT2D eigenvalue weighted by atomic mass is 10.1. The molecule has 11 nitrogen and oxygen atoms in total. The summed E-state index contributed by atoms with van der Waals surface area (Å²) in [4.78, 5) is 39.3. The molecule has 196 valence electrons. The summed E-state index contributed by atoms with van der Waals surface area (Å²) in [5.74, 6) is -0.337. The van der Waals surface area contributed by atoms with Crippen molar-refractivity contribution >= 4 is 51.7 Å². The van der Waals surface area contributed by atoms with Gasteiger partial charge in [0, 0.05) is 18.8 Å². The third-order valence-corrected chi connectivity index (χ3v) is 6.28. The number of hydrogen-bond donors (Lipinski definition) is 4. The number of anilines is 5. The Morgan fingerprint density at radius 3 is 2.79 bits per heavy atom. The Labute approximate surface area is 217 Å². The highest BCUT2D eigenvalue weighted by molar-refractivity contribution is 6.01. The van der Waals surface area contributed by atoms with Gasteiger partial charge in [0.15, 0.2) is 5.75 Å². The molecule has 2 aromatic carbocycles. The van der Waals surface area contributed by atoms with Gasteiger partial charge >= 0.3 is 5.95 Å². The van der Waals surface area contributed by atoms with Crippen LogP contribution in [0.5, 0.6) is 5.75 Å². The Kier molecular flexibility index (Phi) is 6.55. The first-order valence-corrected chi connectivity index (χ1v) is 11.9. The molecule has 0 saturated carbocycles. The molecule has 4 aromatic rings. The highest BCUT2D eigenvalue weighted by atomic mass is 19.1. The minimum absolute atomic E-state index is 0.00851. The van der Waals surface area contributed by atoms with Crippen LogP contribution in [0.4, 0.5) is 33.2 Å². The molecule has 2 aromatic heterocycles. The van der Waals surface area contributed by atoms with Crippen molar-refractivity contribution in [1.82, 2.24) is 14.9 Å². The number of benzene rings is 2. The molecule has 0 fully saturated rings. The summed E-state index contributed by atoms with van der Waals surface area (Å²) in [7, 11) is 5.29. The topological polar surface area (TPSA) is 143 Å². The van der Waals surface area contributed by atoms with Crippen molar-refractivity contribution in [2.75, 3.05) is 49.8 Å². The number of methoxy groups -OCH3 is 1. The van der Waals surface area contributed by atoms with Crippen molar-refractivity contribution in [3.63, 3.8) is 0 Å². The fraction of sp³-hybridized carbons (Fsp3) is 0.231. The molecule has 6 N–H and O–H groups in total. The molecule has 0 unspecified atom stereocenters. The molecule has 0 saturated heterocycles. The molecule has 2 amide bonds. The highest BCUT2D eigenvalue weighted by Gasteiger charge is 2.28. The average molecular weight is 520 g/mol. The number of carbonyl (C=O) groups is 2. The van der Waals surface area contributed by atoms with Gasteiger partial charge in [0.2, 0.25) is 17.4 Å². The summed E-state index contributed by atoms with van der Waals surface area (Å²) in [5.41, 5.74) is 8.40. The number of nitrogens with one attached hydrogen (secondary N) is 4. The van der Waals surface area contributed by atoms with E-state index < -0.39 is 11.7 Å². The Morgan fingerprint density at radius 1 is 1.24 bits per heavy atom. The summed E-state index contributed by atoms with van der Waals surface area (Å²) in [6.45, 7) is 0.896. The third-order valence-electron chi connectivity index (χ3n) is 6.28. The Bertz CT molecular complexity index is 1550. The van der Waals surface area contributed by atoms with Gasteiger partial charge in [0.25, 0.3) is 5.91 Å². The number of nitrogens with two attached hydrogens (primary N) is 1. The molecule has 0 atom stereocenters. The summed E-state index contributed by atoms with van der Waals surface area (Å²) < 4.78 is 20.0. The number of nitrogens with zero attached hydrogens (tertiary/aromatic N) is 3. The van der Waals surface area contributed by atoms with Crippen LogP contribution >= 0.6 is 0 Å². The van der Waals surface area contributed by atoms with Crippen LogP contribution in [0.3, 0.4) is 0 Å². The van der Waals surface area contributed by atoms with Crippen LogP contribution in [0.2, 0.25) is 0 Å². The SMILES string of the molecule is COc1cc2c(cc1Nc1nc(Nc3cccc(F)c3C(N)=O)c3cc[nH]c3[nH+]1)N(C(=O)CN(C)C)CC2. The number of likely N-dealkylation sites (N-methyl/N-ethyl adjacent to an activating group) is 1. The summed E-state index contributed by atoms with van der Waals surface area (Å²) >= 11 is 0. The lowest BCUT2D eigenvalue weighted by Gasteiger charge is -2.20. The maximum absolute atomic E-state index is 14.3. The van der Waals surface area contributed by atoms with E-state index in [2.05, 4.69) is 25.6 Å². The zero-order valence-corrected chi connectivity index (χ0v) is 21.2. The third kappa shape index (κ3) is 4.68. The van der Waals surface area contributed by atoms with Crippen molar-refractivity contribution < 1.29 is 23.7 Å². The smallest absolute Gasteiger partial charge is 0.351 e. The van der Waals surface area contributed by atoms with Crippen molar-refractivity contribution in [1.29, 1.82) is 0 Å². The van der Waals surface area contributed by atoms with E-state index >= 15 is 0 Å². The van der Waals surface area contributed by atoms with Crippen LogP contribution in [0, 0.1) is 5.82 Å². The number of carbonyl (C=O) groups excluding carboxylic acids is 2. The van der Waals surface area contributed by atoms with E-state index in [0.29, 0.717) is 47.3 Å². The fourth-order valence-corrected chi connectivity index (χ4v) is 4.57. The normalized spacial score (nSPS) is 12.6. The van der Waals surface area contributed by atoms with Crippen molar-refractivity contribution in [3.8, 4) is 5.75 Å². The Balaban J connectivity index is 1.52. The number of rotatable bonds is 8. The number of aromatic nitrogens is 3. The lowest BCUT2D eigenvalue weighted by molar-refractivity contribution is -0.333. The first-order chi connectivity index (χ1) is 18.2. The van der Waals surface area contributed by atoms with Crippen LogP contribution in [-0.2, 0) is 11.2 Å². The van der Waals surface area contributed by atoms with Gasteiger partial charge in [-0.15, -0.1) is 0 Å². The monoisotopic (exact) mass is 519 g/mol. The second-order valence-corrected chi connectivity index (χ2v) is 9.19. The van der Waals surface area contributed by atoms with E-state index in [9.17, 15) is 14.0 Å². The predicted octanol–water partition coefficient (Wildman–Crippen LogP) is 2.56. The van der Waals surface area contributed by atoms with Crippen molar-refractivity contribution in [2.45, 2.75) is 6.42 Å². The molecule has 0 aliphatic carbocycles. The maximum atomic E-state index is 14.3. The van der Waals surface area contributed by atoms with E-state index in [1.807, 2.05) is 31.1 Å². The number of H-pyrrole nitrogens is 2. The molecule has 1 aliphatic heterocycles. The summed E-state index contributed by atoms with van der Waals surface area (Å²) in [5, 5.41) is 6.96. The molecule has 1 aliphatic rings. The number of amides is 2. The molecule has 0 radical (unpaired) electrons. The maximum Gasteiger partial charge on any atom is 0.351 e. The first kappa shape index (κ1) is 25.0.